The van der Waals surface area contributed by atoms with Crippen molar-refractivity contribution in [1.82, 2.24) is 10.2 Å². The number of rotatable bonds is 7. The number of amides is 1. The van der Waals surface area contributed by atoms with Gasteiger partial charge in [0.25, 0.3) is 0 Å². The molecule has 1 heterocycles. The second-order valence-corrected chi connectivity index (χ2v) is 6.58. The van der Waals surface area contributed by atoms with Crippen molar-refractivity contribution >= 4 is 12.1 Å². The van der Waals surface area contributed by atoms with Crippen LogP contribution in [-0.2, 0) is 14.3 Å². The van der Waals surface area contributed by atoms with Crippen LogP contribution in [0.3, 0.4) is 0 Å². The Hall–Kier alpha value is -1.30. The Morgan fingerprint density at radius 3 is 2.68 bits per heavy atom. The van der Waals surface area contributed by atoms with Gasteiger partial charge in [-0.3, -0.25) is 4.79 Å². The predicted molar refractivity (Wildman–Crippen MR) is 84.7 cm³/mol. The Bertz CT molecular complexity index is 366. The average molecular weight is 314 g/mol. The van der Waals surface area contributed by atoms with Gasteiger partial charge in [0.05, 0.1) is 6.61 Å². The van der Waals surface area contributed by atoms with E-state index in [-0.39, 0.29) is 18.1 Å². The van der Waals surface area contributed by atoms with Gasteiger partial charge in [0.2, 0.25) is 0 Å². The highest BCUT2D eigenvalue weighted by Crippen LogP contribution is 2.20. The van der Waals surface area contributed by atoms with Crippen molar-refractivity contribution in [2.24, 2.45) is 0 Å². The number of esters is 1. The standard InChI is InChI=1S/C16H30N2O4/c1-5-21-14(19)9-6-10-17-12-13-8-7-11-18(13)15(20)22-16(2,3)4/h13,17H,5-12H2,1-4H3. The predicted octanol–water partition coefficient (Wildman–Crippen LogP) is 2.32. The van der Waals surface area contributed by atoms with Gasteiger partial charge in [-0.25, -0.2) is 4.79 Å². The zero-order valence-corrected chi connectivity index (χ0v) is 14.3. The molecule has 1 aliphatic rings. The van der Waals surface area contributed by atoms with E-state index < -0.39 is 5.60 Å². The molecule has 1 fully saturated rings. The summed E-state index contributed by atoms with van der Waals surface area (Å²) in [5.41, 5.74) is -0.461. The zero-order chi connectivity index (χ0) is 16.6. The molecular formula is C16H30N2O4. The molecule has 0 aromatic carbocycles. The molecule has 0 aromatic rings. The monoisotopic (exact) mass is 314 g/mol. The Labute approximate surface area is 133 Å². The number of ether oxygens (including phenoxy) is 2. The number of hydrogen-bond donors (Lipinski definition) is 1. The summed E-state index contributed by atoms with van der Waals surface area (Å²) in [4.78, 5) is 25.2. The molecule has 128 valence electrons. The van der Waals surface area contributed by atoms with Crippen LogP contribution >= 0.6 is 0 Å². The van der Waals surface area contributed by atoms with Gasteiger partial charge < -0.3 is 19.7 Å². The lowest BCUT2D eigenvalue weighted by Gasteiger charge is -2.28. The molecule has 6 nitrogen and oxygen atoms in total. The Morgan fingerprint density at radius 2 is 2.05 bits per heavy atom. The van der Waals surface area contributed by atoms with Crippen LogP contribution in [0.1, 0.15) is 53.4 Å². The van der Waals surface area contributed by atoms with E-state index in [0.717, 1.165) is 38.9 Å². The number of nitrogens with one attached hydrogen (secondary N) is 1. The van der Waals surface area contributed by atoms with E-state index in [1.165, 1.54) is 0 Å². The molecule has 0 spiro atoms. The van der Waals surface area contributed by atoms with Crippen LogP contribution in [0.25, 0.3) is 0 Å². The molecule has 1 saturated heterocycles. The summed E-state index contributed by atoms with van der Waals surface area (Å²) >= 11 is 0. The number of likely N-dealkylation sites (tertiary alicyclic amines) is 1. The molecule has 0 bridgehead atoms. The summed E-state index contributed by atoms with van der Waals surface area (Å²) in [5.74, 6) is -0.152. The highest BCUT2D eigenvalue weighted by molar-refractivity contribution is 5.69. The Morgan fingerprint density at radius 1 is 1.32 bits per heavy atom. The van der Waals surface area contributed by atoms with Gasteiger partial charge in [0.1, 0.15) is 5.60 Å². The zero-order valence-electron chi connectivity index (χ0n) is 14.3. The van der Waals surface area contributed by atoms with E-state index in [4.69, 9.17) is 9.47 Å². The van der Waals surface area contributed by atoms with E-state index in [1.54, 1.807) is 0 Å². The lowest BCUT2D eigenvalue weighted by molar-refractivity contribution is -0.143. The summed E-state index contributed by atoms with van der Waals surface area (Å²) < 4.78 is 10.3. The minimum absolute atomic E-state index is 0.152. The normalized spacial score (nSPS) is 18.4. The van der Waals surface area contributed by atoms with E-state index in [9.17, 15) is 9.59 Å². The maximum atomic E-state index is 12.1. The van der Waals surface area contributed by atoms with E-state index >= 15 is 0 Å². The molecule has 22 heavy (non-hydrogen) atoms. The summed E-state index contributed by atoms with van der Waals surface area (Å²) in [6, 6.07) is 0.178. The molecule has 0 aliphatic carbocycles. The molecule has 1 amide bonds. The number of hydrogen-bond acceptors (Lipinski definition) is 5. The first kappa shape index (κ1) is 18.7. The third kappa shape index (κ3) is 7.11. The highest BCUT2D eigenvalue weighted by Gasteiger charge is 2.31. The smallest absolute Gasteiger partial charge is 0.410 e. The van der Waals surface area contributed by atoms with Gasteiger partial charge in [0.15, 0.2) is 0 Å². The molecule has 1 atom stereocenters. The summed E-state index contributed by atoms with van der Waals surface area (Å²) in [5, 5.41) is 3.32. The molecule has 1 unspecified atom stereocenters. The first-order valence-electron chi connectivity index (χ1n) is 8.19. The minimum Gasteiger partial charge on any atom is -0.466 e. The summed E-state index contributed by atoms with van der Waals surface area (Å²) in [7, 11) is 0. The van der Waals surface area contributed by atoms with Gasteiger partial charge >= 0.3 is 12.1 Å². The van der Waals surface area contributed by atoms with Crippen molar-refractivity contribution in [1.29, 1.82) is 0 Å². The van der Waals surface area contributed by atoms with Crippen molar-refractivity contribution < 1.29 is 19.1 Å². The van der Waals surface area contributed by atoms with Crippen LogP contribution in [0.15, 0.2) is 0 Å². The maximum Gasteiger partial charge on any atom is 0.410 e. The van der Waals surface area contributed by atoms with E-state index in [2.05, 4.69) is 5.32 Å². The van der Waals surface area contributed by atoms with Gasteiger partial charge in [-0.1, -0.05) is 0 Å². The van der Waals surface area contributed by atoms with Gasteiger partial charge in [-0.15, -0.1) is 0 Å². The molecule has 0 aromatic heterocycles. The SMILES string of the molecule is CCOC(=O)CCCNCC1CCCN1C(=O)OC(C)(C)C. The maximum absolute atomic E-state index is 12.1. The van der Waals surface area contributed by atoms with Crippen molar-refractivity contribution in [2.75, 3.05) is 26.2 Å². The molecule has 1 N–H and O–H groups in total. The van der Waals surface area contributed by atoms with Gasteiger partial charge in [-0.2, -0.15) is 0 Å². The second-order valence-electron chi connectivity index (χ2n) is 6.58. The first-order valence-corrected chi connectivity index (χ1v) is 8.19. The fraction of sp³-hybridized carbons (Fsp3) is 0.875. The first-order chi connectivity index (χ1) is 10.3. The van der Waals surface area contributed by atoms with Crippen molar-refractivity contribution in [2.45, 2.75) is 65.0 Å². The molecule has 0 saturated carbocycles. The van der Waals surface area contributed by atoms with Crippen LogP contribution in [0.2, 0.25) is 0 Å². The largest absolute Gasteiger partial charge is 0.466 e. The van der Waals surface area contributed by atoms with Crippen LogP contribution in [-0.4, -0.2) is 54.8 Å². The lowest BCUT2D eigenvalue weighted by atomic mass is 10.2. The van der Waals surface area contributed by atoms with Crippen molar-refractivity contribution in [3.8, 4) is 0 Å². The molecular weight excluding hydrogens is 284 g/mol. The summed E-state index contributed by atoms with van der Waals surface area (Å²) in [6.07, 6.45) is 2.95. The molecule has 1 aliphatic heterocycles. The number of nitrogens with zero attached hydrogens (tertiary/aromatic N) is 1. The van der Waals surface area contributed by atoms with E-state index in [0.29, 0.717) is 13.0 Å². The number of carbonyl (C=O) groups is 2. The quantitative estimate of drug-likeness (QED) is 0.577. The van der Waals surface area contributed by atoms with Crippen molar-refractivity contribution in [3.05, 3.63) is 0 Å². The Kier molecular flexibility index (Phi) is 7.65. The van der Waals surface area contributed by atoms with Crippen LogP contribution in [0.4, 0.5) is 4.79 Å². The fourth-order valence-electron chi connectivity index (χ4n) is 2.47. The van der Waals surface area contributed by atoms with E-state index in [1.807, 2.05) is 32.6 Å². The summed E-state index contributed by atoms with van der Waals surface area (Å²) in [6.45, 7) is 10.1. The third-order valence-corrected chi connectivity index (χ3v) is 3.42. The van der Waals surface area contributed by atoms with Crippen molar-refractivity contribution in [3.63, 3.8) is 0 Å². The second kappa shape index (κ2) is 8.98. The lowest BCUT2D eigenvalue weighted by Crippen LogP contribution is -2.44. The van der Waals surface area contributed by atoms with Crippen LogP contribution in [0, 0.1) is 0 Å². The molecule has 1 rings (SSSR count). The topological polar surface area (TPSA) is 67.9 Å². The van der Waals surface area contributed by atoms with Gasteiger partial charge in [0, 0.05) is 25.6 Å². The van der Waals surface area contributed by atoms with Gasteiger partial charge in [-0.05, 0) is 53.5 Å². The Balaban J connectivity index is 2.24. The molecule has 0 radical (unpaired) electrons. The minimum atomic E-state index is -0.461. The third-order valence-electron chi connectivity index (χ3n) is 3.42. The molecule has 6 heteroatoms. The highest BCUT2D eigenvalue weighted by atomic mass is 16.6. The average Bonchev–Trinajstić information content (AvgIpc) is 2.85. The van der Waals surface area contributed by atoms with Crippen LogP contribution in [0.5, 0.6) is 0 Å². The fourth-order valence-corrected chi connectivity index (χ4v) is 2.47. The number of carbonyl (C=O) groups excluding carboxylic acids is 2. The van der Waals surface area contributed by atoms with Crippen LogP contribution < -0.4 is 5.32 Å².